The Kier molecular flexibility index (Phi) is 1.72. The van der Waals surface area contributed by atoms with Gasteiger partial charge in [0.1, 0.15) is 0 Å². The van der Waals surface area contributed by atoms with Crippen molar-refractivity contribution in [3.8, 4) is 0 Å². The van der Waals surface area contributed by atoms with E-state index in [0.29, 0.717) is 11.1 Å². The van der Waals surface area contributed by atoms with Crippen LogP contribution in [0.5, 0.6) is 0 Å². The molecule has 0 amide bonds. The maximum Gasteiger partial charge on any atom is 0.0585 e. The van der Waals surface area contributed by atoms with Crippen LogP contribution in [-0.2, 0) is 5.41 Å². The van der Waals surface area contributed by atoms with E-state index in [4.69, 9.17) is 11.5 Å². The van der Waals surface area contributed by atoms with Crippen molar-refractivity contribution in [1.82, 2.24) is 0 Å². The van der Waals surface area contributed by atoms with Gasteiger partial charge in [-0.05, 0) is 29.9 Å². The Hall–Kier alpha value is -1.18. The molecule has 1 aliphatic rings. The van der Waals surface area contributed by atoms with Crippen molar-refractivity contribution in [3.63, 3.8) is 0 Å². The van der Waals surface area contributed by atoms with Gasteiger partial charge in [-0.2, -0.15) is 0 Å². The molecular weight excluding hydrogens is 160 g/mol. The second-order valence-electron chi connectivity index (χ2n) is 4.22. The van der Waals surface area contributed by atoms with Crippen molar-refractivity contribution < 1.29 is 0 Å². The number of para-hydroxylation sites is 1. The summed E-state index contributed by atoms with van der Waals surface area (Å²) in [4.78, 5) is 0. The van der Waals surface area contributed by atoms with Crippen LogP contribution in [0.25, 0.3) is 0 Å². The Bertz CT molecular complexity index is 327. The molecule has 0 atom stereocenters. The lowest BCUT2D eigenvalue weighted by atomic mass is 9.65. The van der Waals surface area contributed by atoms with E-state index in [-0.39, 0.29) is 0 Å². The van der Waals surface area contributed by atoms with Crippen LogP contribution in [-0.4, -0.2) is 0 Å². The summed E-state index contributed by atoms with van der Waals surface area (Å²) in [6, 6.07) is 5.95. The van der Waals surface area contributed by atoms with Crippen molar-refractivity contribution in [2.45, 2.75) is 31.6 Å². The highest BCUT2D eigenvalue weighted by Gasteiger charge is 2.35. The Morgan fingerprint density at radius 3 is 2.46 bits per heavy atom. The fraction of sp³-hybridized carbons (Fsp3) is 0.455. The number of hydrogen-bond donors (Lipinski definition) is 2. The second kappa shape index (κ2) is 2.66. The monoisotopic (exact) mass is 176 g/mol. The fourth-order valence-electron chi connectivity index (χ4n) is 2.09. The predicted octanol–water partition coefficient (Wildman–Crippen LogP) is 2.29. The molecule has 4 N–H and O–H groups in total. The molecule has 0 aromatic heterocycles. The number of nitrogens with two attached hydrogens (primary N) is 2. The molecule has 1 fully saturated rings. The fourth-order valence-corrected chi connectivity index (χ4v) is 2.09. The van der Waals surface area contributed by atoms with E-state index in [9.17, 15) is 0 Å². The highest BCUT2D eigenvalue weighted by molar-refractivity contribution is 5.69. The standard InChI is InChI=1S/C11H16N2/c1-11(6-3-7-11)8-4-2-5-9(12)10(8)13/h2,4-5H,3,6-7,12-13H2,1H3. The predicted molar refractivity (Wildman–Crippen MR) is 56.5 cm³/mol. The number of rotatable bonds is 1. The van der Waals surface area contributed by atoms with Crippen LogP contribution in [0, 0.1) is 0 Å². The van der Waals surface area contributed by atoms with Crippen molar-refractivity contribution in [2.24, 2.45) is 0 Å². The van der Waals surface area contributed by atoms with Crippen LogP contribution in [0.4, 0.5) is 11.4 Å². The zero-order chi connectivity index (χ0) is 9.47. The van der Waals surface area contributed by atoms with Crippen molar-refractivity contribution in [3.05, 3.63) is 23.8 Å². The van der Waals surface area contributed by atoms with Gasteiger partial charge in [0.05, 0.1) is 11.4 Å². The van der Waals surface area contributed by atoms with Gasteiger partial charge in [-0.15, -0.1) is 0 Å². The average Bonchev–Trinajstić information content (AvgIpc) is 2.06. The van der Waals surface area contributed by atoms with E-state index in [0.717, 1.165) is 5.69 Å². The number of hydrogen-bond acceptors (Lipinski definition) is 2. The first kappa shape index (κ1) is 8.42. The first-order chi connectivity index (χ1) is 6.13. The molecule has 13 heavy (non-hydrogen) atoms. The van der Waals surface area contributed by atoms with Crippen LogP contribution < -0.4 is 11.5 Å². The Labute approximate surface area is 78.9 Å². The maximum atomic E-state index is 5.95. The average molecular weight is 176 g/mol. The van der Waals surface area contributed by atoms with Crippen molar-refractivity contribution >= 4 is 11.4 Å². The molecule has 0 aliphatic heterocycles. The highest BCUT2D eigenvalue weighted by atomic mass is 14.7. The first-order valence-electron chi connectivity index (χ1n) is 4.78. The summed E-state index contributed by atoms with van der Waals surface area (Å²) in [6.07, 6.45) is 3.78. The lowest BCUT2D eigenvalue weighted by Gasteiger charge is -2.39. The quantitative estimate of drug-likeness (QED) is 0.645. The van der Waals surface area contributed by atoms with Gasteiger partial charge in [0.25, 0.3) is 0 Å². The molecule has 0 bridgehead atoms. The van der Waals surface area contributed by atoms with Gasteiger partial charge in [0.15, 0.2) is 0 Å². The van der Waals surface area contributed by atoms with Crippen LogP contribution in [0.3, 0.4) is 0 Å². The number of benzene rings is 1. The third-order valence-corrected chi connectivity index (χ3v) is 3.25. The molecule has 70 valence electrons. The number of nitrogen functional groups attached to an aromatic ring is 2. The lowest BCUT2D eigenvalue weighted by molar-refractivity contribution is 0.273. The summed E-state index contributed by atoms with van der Waals surface area (Å²) >= 11 is 0. The van der Waals surface area contributed by atoms with Crippen molar-refractivity contribution in [1.29, 1.82) is 0 Å². The zero-order valence-corrected chi connectivity index (χ0v) is 8.01. The molecule has 1 aliphatic carbocycles. The third-order valence-electron chi connectivity index (χ3n) is 3.25. The van der Waals surface area contributed by atoms with Gasteiger partial charge in [-0.1, -0.05) is 25.5 Å². The molecule has 1 aromatic carbocycles. The van der Waals surface area contributed by atoms with E-state index in [1.54, 1.807) is 0 Å². The van der Waals surface area contributed by atoms with E-state index in [2.05, 4.69) is 13.0 Å². The molecule has 2 rings (SSSR count). The topological polar surface area (TPSA) is 52.0 Å². The van der Waals surface area contributed by atoms with E-state index in [1.165, 1.54) is 24.8 Å². The summed E-state index contributed by atoms with van der Waals surface area (Å²) < 4.78 is 0. The van der Waals surface area contributed by atoms with Crippen LogP contribution in [0.1, 0.15) is 31.7 Å². The highest BCUT2D eigenvalue weighted by Crippen LogP contribution is 2.46. The molecule has 0 unspecified atom stereocenters. The summed E-state index contributed by atoms with van der Waals surface area (Å²) in [5, 5.41) is 0. The molecule has 0 spiro atoms. The Morgan fingerprint density at radius 1 is 1.23 bits per heavy atom. The van der Waals surface area contributed by atoms with Gasteiger partial charge in [-0.25, -0.2) is 0 Å². The minimum atomic E-state index is 0.291. The molecule has 0 saturated heterocycles. The molecular formula is C11H16N2. The molecule has 2 nitrogen and oxygen atoms in total. The van der Waals surface area contributed by atoms with Gasteiger partial charge < -0.3 is 11.5 Å². The molecule has 1 saturated carbocycles. The zero-order valence-electron chi connectivity index (χ0n) is 8.01. The SMILES string of the molecule is CC1(c2cccc(N)c2N)CCC1. The molecule has 0 radical (unpaired) electrons. The van der Waals surface area contributed by atoms with Crippen LogP contribution in [0.15, 0.2) is 18.2 Å². The lowest BCUT2D eigenvalue weighted by Crippen LogP contribution is -2.31. The first-order valence-corrected chi connectivity index (χ1v) is 4.78. The van der Waals surface area contributed by atoms with E-state index < -0.39 is 0 Å². The van der Waals surface area contributed by atoms with Crippen LogP contribution >= 0.6 is 0 Å². The molecule has 1 aromatic rings. The van der Waals surface area contributed by atoms with Gasteiger partial charge >= 0.3 is 0 Å². The summed E-state index contributed by atoms with van der Waals surface area (Å²) in [5.74, 6) is 0. The third kappa shape index (κ3) is 1.17. The summed E-state index contributed by atoms with van der Waals surface area (Å²) in [7, 11) is 0. The minimum Gasteiger partial charge on any atom is -0.397 e. The van der Waals surface area contributed by atoms with E-state index >= 15 is 0 Å². The Balaban J connectivity index is 2.45. The van der Waals surface area contributed by atoms with E-state index in [1.807, 2.05) is 12.1 Å². The smallest absolute Gasteiger partial charge is 0.0585 e. The summed E-state index contributed by atoms with van der Waals surface area (Å²) in [5.41, 5.74) is 14.7. The molecule has 0 heterocycles. The van der Waals surface area contributed by atoms with Gasteiger partial charge in [-0.3, -0.25) is 0 Å². The van der Waals surface area contributed by atoms with Crippen molar-refractivity contribution in [2.75, 3.05) is 11.5 Å². The molecule has 2 heteroatoms. The van der Waals surface area contributed by atoms with Crippen LogP contribution in [0.2, 0.25) is 0 Å². The summed E-state index contributed by atoms with van der Waals surface area (Å²) in [6.45, 7) is 2.27. The number of anilines is 2. The maximum absolute atomic E-state index is 5.95. The minimum absolute atomic E-state index is 0.291. The van der Waals surface area contributed by atoms with Gasteiger partial charge in [0.2, 0.25) is 0 Å². The largest absolute Gasteiger partial charge is 0.397 e. The second-order valence-corrected chi connectivity index (χ2v) is 4.22. The van der Waals surface area contributed by atoms with Gasteiger partial charge in [0, 0.05) is 0 Å². The normalized spacial score (nSPS) is 19.5. The Morgan fingerprint density at radius 2 is 1.92 bits per heavy atom.